The summed E-state index contributed by atoms with van der Waals surface area (Å²) in [5.41, 5.74) is 0.268. The Labute approximate surface area is 122 Å². The highest BCUT2D eigenvalue weighted by atomic mass is 35.5. The van der Waals surface area contributed by atoms with Gasteiger partial charge in [0.2, 0.25) is 5.91 Å². The number of carbonyl (C=O) groups is 2. The Kier molecular flexibility index (Phi) is 4.49. The van der Waals surface area contributed by atoms with Crippen LogP contribution in [0.4, 0.5) is 0 Å². The third-order valence-electron chi connectivity index (χ3n) is 3.51. The Morgan fingerprint density at radius 2 is 2.20 bits per heavy atom. The molecule has 0 aromatic heterocycles. The zero-order valence-electron chi connectivity index (χ0n) is 11.2. The van der Waals surface area contributed by atoms with Crippen molar-refractivity contribution in [1.82, 2.24) is 10.2 Å². The summed E-state index contributed by atoms with van der Waals surface area (Å²) >= 11 is 6.00. The Bertz CT molecular complexity index is 533. The molecule has 2 amide bonds. The molecule has 6 heteroatoms. The van der Waals surface area contributed by atoms with Crippen molar-refractivity contribution in [3.8, 4) is 5.75 Å². The maximum Gasteiger partial charge on any atom is 0.255 e. The smallest absolute Gasteiger partial charge is 0.255 e. The van der Waals surface area contributed by atoms with Crippen LogP contribution in [-0.2, 0) is 4.79 Å². The summed E-state index contributed by atoms with van der Waals surface area (Å²) in [6.45, 7) is 0.975. The lowest BCUT2D eigenvalue weighted by atomic mass is 9.96. The van der Waals surface area contributed by atoms with Gasteiger partial charge in [-0.3, -0.25) is 9.59 Å². The van der Waals surface area contributed by atoms with Gasteiger partial charge in [0, 0.05) is 20.1 Å². The Hall–Kier alpha value is -1.75. The summed E-state index contributed by atoms with van der Waals surface area (Å²) < 4.78 is 0. The van der Waals surface area contributed by atoms with E-state index in [-0.39, 0.29) is 29.0 Å². The zero-order chi connectivity index (χ0) is 14.7. The van der Waals surface area contributed by atoms with Crippen molar-refractivity contribution >= 4 is 23.4 Å². The topological polar surface area (TPSA) is 69.6 Å². The third-order valence-corrected chi connectivity index (χ3v) is 3.84. The minimum Gasteiger partial charge on any atom is -0.508 e. The molecule has 1 aliphatic rings. The highest BCUT2D eigenvalue weighted by Gasteiger charge is 2.29. The van der Waals surface area contributed by atoms with Gasteiger partial charge in [0.1, 0.15) is 5.75 Å². The van der Waals surface area contributed by atoms with Crippen molar-refractivity contribution in [2.24, 2.45) is 5.92 Å². The van der Waals surface area contributed by atoms with Crippen LogP contribution in [0.1, 0.15) is 23.2 Å². The SMILES string of the molecule is CNC(=O)C1CCCN(C(=O)c2cc(O)ccc2Cl)C1. The van der Waals surface area contributed by atoms with E-state index in [1.165, 1.54) is 18.2 Å². The predicted octanol–water partition coefficient (Wildman–Crippen LogP) is 1.64. The quantitative estimate of drug-likeness (QED) is 0.872. The van der Waals surface area contributed by atoms with Crippen molar-refractivity contribution in [2.75, 3.05) is 20.1 Å². The van der Waals surface area contributed by atoms with Gasteiger partial charge in [-0.15, -0.1) is 0 Å². The number of piperidine rings is 1. The summed E-state index contributed by atoms with van der Waals surface area (Å²) in [5, 5.41) is 12.4. The van der Waals surface area contributed by atoms with Gasteiger partial charge in [0.15, 0.2) is 0 Å². The van der Waals surface area contributed by atoms with Crippen molar-refractivity contribution in [3.63, 3.8) is 0 Å². The number of nitrogens with one attached hydrogen (secondary N) is 1. The molecular weight excluding hydrogens is 280 g/mol. The molecule has 1 aliphatic heterocycles. The third kappa shape index (κ3) is 3.04. The Balaban J connectivity index is 2.16. The summed E-state index contributed by atoms with van der Waals surface area (Å²) in [6.07, 6.45) is 1.55. The maximum atomic E-state index is 12.4. The molecule has 1 fully saturated rings. The highest BCUT2D eigenvalue weighted by molar-refractivity contribution is 6.33. The van der Waals surface area contributed by atoms with Crippen LogP contribution >= 0.6 is 11.6 Å². The number of hydrogen-bond acceptors (Lipinski definition) is 3. The van der Waals surface area contributed by atoms with Gasteiger partial charge in [0.25, 0.3) is 5.91 Å². The average molecular weight is 297 g/mol. The van der Waals surface area contributed by atoms with Gasteiger partial charge in [0.05, 0.1) is 16.5 Å². The number of hydrogen-bond donors (Lipinski definition) is 2. The monoisotopic (exact) mass is 296 g/mol. The molecule has 0 aliphatic carbocycles. The summed E-state index contributed by atoms with van der Waals surface area (Å²) in [4.78, 5) is 25.7. The molecule has 0 saturated carbocycles. The second-order valence-corrected chi connectivity index (χ2v) is 5.28. The Morgan fingerprint density at radius 1 is 1.45 bits per heavy atom. The van der Waals surface area contributed by atoms with E-state index in [1.54, 1.807) is 11.9 Å². The van der Waals surface area contributed by atoms with E-state index in [0.29, 0.717) is 18.1 Å². The van der Waals surface area contributed by atoms with Crippen LogP contribution in [0.2, 0.25) is 5.02 Å². The van der Waals surface area contributed by atoms with Gasteiger partial charge in [-0.1, -0.05) is 11.6 Å². The van der Waals surface area contributed by atoms with E-state index in [0.717, 1.165) is 12.8 Å². The van der Waals surface area contributed by atoms with Crippen LogP contribution in [-0.4, -0.2) is 42.0 Å². The van der Waals surface area contributed by atoms with Crippen LogP contribution < -0.4 is 5.32 Å². The molecule has 2 N–H and O–H groups in total. The van der Waals surface area contributed by atoms with Crippen molar-refractivity contribution in [1.29, 1.82) is 0 Å². The first-order chi connectivity index (χ1) is 9.52. The van der Waals surface area contributed by atoms with Crippen molar-refractivity contribution in [2.45, 2.75) is 12.8 Å². The van der Waals surface area contributed by atoms with Crippen molar-refractivity contribution < 1.29 is 14.7 Å². The minimum atomic E-state index is -0.250. The van der Waals surface area contributed by atoms with Crippen LogP contribution in [0.3, 0.4) is 0 Å². The van der Waals surface area contributed by atoms with Crippen LogP contribution in [0.5, 0.6) is 5.75 Å². The second-order valence-electron chi connectivity index (χ2n) is 4.87. The standard InChI is InChI=1S/C14H17ClN2O3/c1-16-13(19)9-3-2-6-17(8-9)14(20)11-7-10(18)4-5-12(11)15/h4-5,7,9,18H,2-3,6,8H2,1H3,(H,16,19). The number of likely N-dealkylation sites (tertiary alicyclic amines) is 1. The molecule has 0 bridgehead atoms. The molecule has 1 aromatic rings. The van der Waals surface area contributed by atoms with Crippen LogP contribution in [0.15, 0.2) is 18.2 Å². The first-order valence-electron chi connectivity index (χ1n) is 6.52. The molecule has 1 unspecified atom stereocenters. The van der Waals surface area contributed by atoms with Gasteiger partial charge in [-0.05, 0) is 31.0 Å². The fraction of sp³-hybridized carbons (Fsp3) is 0.429. The van der Waals surface area contributed by atoms with Gasteiger partial charge >= 0.3 is 0 Å². The van der Waals surface area contributed by atoms with E-state index in [2.05, 4.69) is 5.32 Å². The molecule has 20 heavy (non-hydrogen) atoms. The number of amides is 2. The molecule has 1 aromatic carbocycles. The molecule has 1 saturated heterocycles. The molecule has 1 atom stereocenters. The van der Waals surface area contributed by atoms with Crippen molar-refractivity contribution in [3.05, 3.63) is 28.8 Å². The summed E-state index contributed by atoms with van der Waals surface area (Å²) in [6, 6.07) is 4.28. The van der Waals surface area contributed by atoms with Gasteiger partial charge in [-0.2, -0.15) is 0 Å². The number of rotatable bonds is 2. The average Bonchev–Trinajstić information content (AvgIpc) is 2.48. The lowest BCUT2D eigenvalue weighted by Crippen LogP contribution is -2.44. The summed E-state index contributed by atoms with van der Waals surface area (Å²) in [7, 11) is 1.59. The number of nitrogens with zero attached hydrogens (tertiary/aromatic N) is 1. The van der Waals surface area contributed by atoms with E-state index >= 15 is 0 Å². The number of benzene rings is 1. The molecular formula is C14H17ClN2O3. The molecule has 1 heterocycles. The molecule has 2 rings (SSSR count). The number of halogens is 1. The molecule has 5 nitrogen and oxygen atoms in total. The zero-order valence-corrected chi connectivity index (χ0v) is 12.0. The minimum absolute atomic E-state index is 0.00221. The first kappa shape index (κ1) is 14.7. The largest absolute Gasteiger partial charge is 0.508 e. The Morgan fingerprint density at radius 3 is 2.90 bits per heavy atom. The van der Waals surface area contributed by atoms with E-state index in [9.17, 15) is 14.7 Å². The van der Waals surface area contributed by atoms with E-state index in [1.807, 2.05) is 0 Å². The molecule has 0 radical (unpaired) electrons. The fourth-order valence-corrected chi connectivity index (χ4v) is 2.63. The van der Waals surface area contributed by atoms with Gasteiger partial charge < -0.3 is 15.3 Å². The summed E-state index contributed by atoms with van der Waals surface area (Å²) in [5.74, 6) is -0.490. The lowest BCUT2D eigenvalue weighted by Gasteiger charge is -2.32. The first-order valence-corrected chi connectivity index (χ1v) is 6.90. The molecule has 0 spiro atoms. The number of carbonyl (C=O) groups excluding carboxylic acids is 2. The van der Waals surface area contributed by atoms with Gasteiger partial charge in [-0.25, -0.2) is 0 Å². The highest BCUT2D eigenvalue weighted by Crippen LogP contribution is 2.25. The van der Waals surface area contributed by atoms with E-state index < -0.39 is 0 Å². The normalized spacial score (nSPS) is 18.7. The predicted molar refractivity (Wildman–Crippen MR) is 75.8 cm³/mol. The fourth-order valence-electron chi connectivity index (χ4n) is 2.43. The van der Waals surface area contributed by atoms with Crippen LogP contribution in [0, 0.1) is 5.92 Å². The number of phenolic OH excluding ortho intramolecular Hbond substituents is 1. The number of aromatic hydroxyl groups is 1. The number of phenols is 1. The maximum absolute atomic E-state index is 12.4. The van der Waals surface area contributed by atoms with Crippen LogP contribution in [0.25, 0.3) is 0 Å². The second kappa shape index (κ2) is 6.13. The molecule has 108 valence electrons. The lowest BCUT2D eigenvalue weighted by molar-refractivity contribution is -0.125. The van der Waals surface area contributed by atoms with E-state index in [4.69, 9.17) is 11.6 Å².